The summed E-state index contributed by atoms with van der Waals surface area (Å²) in [7, 11) is 0. The van der Waals surface area contributed by atoms with E-state index in [1.807, 2.05) is 4.90 Å². The van der Waals surface area contributed by atoms with Gasteiger partial charge in [0, 0.05) is 18.9 Å². The molecule has 1 aliphatic heterocycles. The van der Waals surface area contributed by atoms with E-state index >= 15 is 0 Å². The van der Waals surface area contributed by atoms with E-state index in [-0.39, 0.29) is 24.2 Å². The molecular weight excluding hydrogens is 267 g/mol. The van der Waals surface area contributed by atoms with Gasteiger partial charge >= 0.3 is 6.18 Å². The topological polar surface area (TPSA) is 20.3 Å². The number of hydrogen-bond acceptors (Lipinski definition) is 2. The standard InChI is InChI=1S/C15H24F3NO/c1-14(2)6-3-13(20)11(9-14)10-19-7-4-12(5-8-19)15(16,17)18/h11-12H,3-10H2,1-2H3. The van der Waals surface area contributed by atoms with Crippen molar-refractivity contribution in [1.82, 2.24) is 4.90 Å². The van der Waals surface area contributed by atoms with E-state index in [0.29, 0.717) is 31.8 Å². The lowest BCUT2D eigenvalue weighted by molar-refractivity contribution is -0.185. The van der Waals surface area contributed by atoms with Crippen LogP contribution in [0.2, 0.25) is 0 Å². The molecule has 0 radical (unpaired) electrons. The predicted octanol–water partition coefficient (Wildman–Crippen LogP) is 3.66. The quantitative estimate of drug-likeness (QED) is 0.774. The second kappa shape index (κ2) is 5.66. The van der Waals surface area contributed by atoms with Crippen molar-refractivity contribution in [3.8, 4) is 0 Å². The predicted molar refractivity (Wildman–Crippen MR) is 71.3 cm³/mol. The number of hydrogen-bond donors (Lipinski definition) is 0. The highest BCUT2D eigenvalue weighted by molar-refractivity contribution is 5.82. The van der Waals surface area contributed by atoms with Crippen LogP contribution in [0.5, 0.6) is 0 Å². The summed E-state index contributed by atoms with van der Waals surface area (Å²) in [6, 6.07) is 0. The summed E-state index contributed by atoms with van der Waals surface area (Å²) in [5, 5.41) is 0. The smallest absolute Gasteiger partial charge is 0.303 e. The first kappa shape index (κ1) is 15.8. The van der Waals surface area contributed by atoms with Gasteiger partial charge in [0.2, 0.25) is 0 Å². The summed E-state index contributed by atoms with van der Waals surface area (Å²) < 4.78 is 37.9. The van der Waals surface area contributed by atoms with Gasteiger partial charge in [-0.05, 0) is 44.2 Å². The molecule has 116 valence electrons. The molecule has 0 N–H and O–H groups in total. The van der Waals surface area contributed by atoms with Crippen LogP contribution in [0.25, 0.3) is 0 Å². The number of alkyl halides is 3. The van der Waals surface area contributed by atoms with Gasteiger partial charge in [0.1, 0.15) is 5.78 Å². The monoisotopic (exact) mass is 291 g/mol. The molecule has 0 aromatic carbocycles. The van der Waals surface area contributed by atoms with Crippen LogP contribution < -0.4 is 0 Å². The van der Waals surface area contributed by atoms with E-state index in [4.69, 9.17) is 0 Å². The van der Waals surface area contributed by atoms with E-state index in [1.54, 1.807) is 0 Å². The van der Waals surface area contributed by atoms with Gasteiger partial charge in [0.05, 0.1) is 5.92 Å². The zero-order chi connectivity index (χ0) is 15.0. The minimum atomic E-state index is -4.06. The third-order valence-electron chi connectivity index (χ3n) is 4.83. The van der Waals surface area contributed by atoms with Crippen molar-refractivity contribution < 1.29 is 18.0 Å². The minimum absolute atomic E-state index is 0.0150. The lowest BCUT2D eigenvalue weighted by Crippen LogP contribution is -2.44. The number of carbonyl (C=O) groups is 1. The third kappa shape index (κ3) is 3.96. The van der Waals surface area contributed by atoms with Crippen LogP contribution >= 0.6 is 0 Å². The Morgan fingerprint density at radius 2 is 1.85 bits per heavy atom. The molecule has 1 unspecified atom stereocenters. The molecule has 1 saturated carbocycles. The molecule has 0 aromatic rings. The third-order valence-corrected chi connectivity index (χ3v) is 4.83. The van der Waals surface area contributed by atoms with E-state index in [2.05, 4.69) is 13.8 Å². The Labute approximate surface area is 118 Å². The first-order valence-corrected chi connectivity index (χ1v) is 7.49. The van der Waals surface area contributed by atoms with Crippen LogP contribution in [-0.2, 0) is 4.79 Å². The van der Waals surface area contributed by atoms with Gasteiger partial charge in [-0.3, -0.25) is 4.79 Å². The van der Waals surface area contributed by atoms with Crippen molar-refractivity contribution in [3.63, 3.8) is 0 Å². The largest absolute Gasteiger partial charge is 0.391 e. The Bertz CT molecular complexity index is 357. The molecule has 0 aromatic heterocycles. The number of Topliss-reactive ketones (excluding diaryl/α,β-unsaturated/α-hetero) is 1. The molecule has 0 spiro atoms. The van der Waals surface area contributed by atoms with Crippen LogP contribution in [0.3, 0.4) is 0 Å². The van der Waals surface area contributed by atoms with Crippen LogP contribution in [0.4, 0.5) is 13.2 Å². The van der Waals surface area contributed by atoms with Crippen molar-refractivity contribution >= 4 is 5.78 Å². The van der Waals surface area contributed by atoms with Gasteiger partial charge in [0.15, 0.2) is 0 Å². The van der Waals surface area contributed by atoms with Crippen molar-refractivity contribution in [1.29, 1.82) is 0 Å². The number of ketones is 1. The van der Waals surface area contributed by atoms with E-state index in [9.17, 15) is 18.0 Å². The zero-order valence-electron chi connectivity index (χ0n) is 12.3. The minimum Gasteiger partial charge on any atom is -0.303 e. The van der Waals surface area contributed by atoms with Crippen LogP contribution in [0.1, 0.15) is 46.0 Å². The van der Waals surface area contributed by atoms with Crippen LogP contribution in [0, 0.1) is 17.3 Å². The fourth-order valence-corrected chi connectivity index (χ4v) is 3.47. The van der Waals surface area contributed by atoms with Gasteiger partial charge in [-0.1, -0.05) is 13.8 Å². The highest BCUT2D eigenvalue weighted by Crippen LogP contribution is 2.38. The second-order valence-corrected chi connectivity index (χ2v) is 7.15. The van der Waals surface area contributed by atoms with E-state index < -0.39 is 12.1 Å². The summed E-state index contributed by atoms with van der Waals surface area (Å²) in [5.41, 5.74) is 0.183. The molecule has 0 bridgehead atoms. The lowest BCUT2D eigenvalue weighted by atomic mass is 9.71. The number of rotatable bonds is 2. The average Bonchev–Trinajstić information content (AvgIpc) is 2.33. The summed E-state index contributed by atoms with van der Waals surface area (Å²) in [6.45, 7) is 5.92. The maximum atomic E-state index is 12.6. The first-order valence-electron chi connectivity index (χ1n) is 7.49. The van der Waals surface area contributed by atoms with Crippen molar-refractivity contribution in [2.45, 2.75) is 52.1 Å². The summed E-state index contributed by atoms with van der Waals surface area (Å²) in [5.74, 6) is -0.847. The van der Waals surface area contributed by atoms with Gasteiger partial charge in [-0.15, -0.1) is 0 Å². The average molecular weight is 291 g/mol. The van der Waals surface area contributed by atoms with Gasteiger partial charge in [0.25, 0.3) is 0 Å². The van der Waals surface area contributed by atoms with Crippen molar-refractivity contribution in [2.75, 3.05) is 19.6 Å². The van der Waals surface area contributed by atoms with Gasteiger partial charge in [-0.2, -0.15) is 13.2 Å². The number of halogens is 3. The summed E-state index contributed by atoms with van der Waals surface area (Å²) in [4.78, 5) is 14.0. The molecule has 2 nitrogen and oxygen atoms in total. The van der Waals surface area contributed by atoms with E-state index in [0.717, 1.165) is 12.8 Å². The molecule has 1 saturated heterocycles. The first-order chi connectivity index (χ1) is 9.17. The fraction of sp³-hybridized carbons (Fsp3) is 0.933. The Morgan fingerprint density at radius 1 is 1.25 bits per heavy atom. The van der Waals surface area contributed by atoms with Crippen LogP contribution in [-0.4, -0.2) is 36.5 Å². The molecule has 1 aliphatic carbocycles. The second-order valence-electron chi connectivity index (χ2n) is 7.15. The number of piperidine rings is 1. The fourth-order valence-electron chi connectivity index (χ4n) is 3.47. The van der Waals surface area contributed by atoms with Crippen molar-refractivity contribution in [2.24, 2.45) is 17.3 Å². The van der Waals surface area contributed by atoms with Crippen molar-refractivity contribution in [3.05, 3.63) is 0 Å². The molecule has 20 heavy (non-hydrogen) atoms. The highest BCUT2D eigenvalue weighted by Gasteiger charge is 2.42. The Morgan fingerprint density at radius 3 is 2.40 bits per heavy atom. The molecule has 2 aliphatic rings. The maximum Gasteiger partial charge on any atom is 0.391 e. The molecule has 2 rings (SSSR count). The SMILES string of the molecule is CC1(C)CCC(=O)C(CN2CCC(C(F)(F)F)CC2)C1. The summed E-state index contributed by atoms with van der Waals surface area (Å²) in [6.07, 6.45) is -1.30. The van der Waals surface area contributed by atoms with Gasteiger partial charge in [-0.25, -0.2) is 0 Å². The normalized spacial score (nSPS) is 29.6. The van der Waals surface area contributed by atoms with Gasteiger partial charge < -0.3 is 4.90 Å². The maximum absolute atomic E-state index is 12.6. The Balaban J connectivity index is 1.84. The lowest BCUT2D eigenvalue weighted by Gasteiger charge is -2.39. The summed E-state index contributed by atoms with van der Waals surface area (Å²) >= 11 is 0. The Hall–Kier alpha value is -0.580. The van der Waals surface area contributed by atoms with Crippen LogP contribution in [0.15, 0.2) is 0 Å². The molecule has 2 fully saturated rings. The number of nitrogens with zero attached hydrogens (tertiary/aromatic N) is 1. The Kier molecular flexibility index (Phi) is 4.47. The molecule has 0 amide bonds. The molecule has 1 heterocycles. The zero-order valence-corrected chi connectivity index (χ0v) is 12.3. The highest BCUT2D eigenvalue weighted by atomic mass is 19.4. The number of likely N-dealkylation sites (tertiary alicyclic amines) is 1. The van der Waals surface area contributed by atoms with E-state index in [1.165, 1.54) is 0 Å². The number of carbonyl (C=O) groups excluding carboxylic acids is 1. The molecule has 1 atom stereocenters. The molecular formula is C15H24F3NO. The molecule has 5 heteroatoms.